The first-order valence-electron chi connectivity index (χ1n) is 5.11. The fourth-order valence-corrected chi connectivity index (χ4v) is 2.06. The van der Waals surface area contributed by atoms with Gasteiger partial charge in [0, 0.05) is 12.0 Å². The second kappa shape index (κ2) is 3.12. The molecule has 2 unspecified atom stereocenters. The zero-order chi connectivity index (χ0) is 10.3. The van der Waals surface area contributed by atoms with E-state index in [4.69, 9.17) is 10.3 Å². The molecule has 3 nitrogen and oxygen atoms in total. The van der Waals surface area contributed by atoms with E-state index in [-0.39, 0.29) is 0 Å². The van der Waals surface area contributed by atoms with Gasteiger partial charge in [0.1, 0.15) is 5.76 Å². The van der Waals surface area contributed by atoms with E-state index in [1.807, 2.05) is 12.1 Å². The molecule has 1 aliphatic rings. The molecule has 3 rings (SSSR count). The van der Waals surface area contributed by atoms with Crippen LogP contribution in [0.5, 0.6) is 0 Å². The number of nitrogens with zero attached hydrogens (tertiary/aromatic N) is 1. The highest BCUT2D eigenvalue weighted by Gasteiger charge is 2.42. The average Bonchev–Trinajstić information content (AvgIpc) is 2.96. The van der Waals surface area contributed by atoms with Gasteiger partial charge in [-0.3, -0.25) is 0 Å². The SMILES string of the molecule is Nc1cc(C2CC2c2ccccc2)on1. The third-order valence-corrected chi connectivity index (χ3v) is 2.93. The van der Waals surface area contributed by atoms with Gasteiger partial charge in [-0.2, -0.15) is 0 Å². The smallest absolute Gasteiger partial charge is 0.167 e. The van der Waals surface area contributed by atoms with Crippen LogP contribution in [0.15, 0.2) is 40.9 Å². The highest BCUT2D eigenvalue weighted by atomic mass is 16.5. The van der Waals surface area contributed by atoms with E-state index in [9.17, 15) is 0 Å². The molecule has 1 fully saturated rings. The number of benzene rings is 1. The van der Waals surface area contributed by atoms with Gasteiger partial charge in [0.25, 0.3) is 0 Å². The highest BCUT2D eigenvalue weighted by Crippen LogP contribution is 2.54. The Morgan fingerprint density at radius 2 is 2.00 bits per heavy atom. The summed E-state index contributed by atoms with van der Waals surface area (Å²) in [6.07, 6.45) is 1.14. The van der Waals surface area contributed by atoms with Gasteiger partial charge in [-0.05, 0) is 17.9 Å². The number of aromatic nitrogens is 1. The monoisotopic (exact) mass is 200 g/mol. The predicted molar refractivity (Wildman–Crippen MR) is 57.5 cm³/mol. The first-order valence-corrected chi connectivity index (χ1v) is 5.11. The van der Waals surface area contributed by atoms with E-state index < -0.39 is 0 Å². The molecule has 2 aromatic rings. The summed E-state index contributed by atoms with van der Waals surface area (Å²) in [6.45, 7) is 0. The molecular weight excluding hydrogens is 188 g/mol. The highest BCUT2D eigenvalue weighted by molar-refractivity contribution is 5.36. The normalized spacial score (nSPS) is 24.0. The Labute approximate surface area is 87.9 Å². The lowest BCUT2D eigenvalue weighted by Gasteiger charge is -1.96. The van der Waals surface area contributed by atoms with E-state index in [1.165, 1.54) is 5.56 Å². The fraction of sp³-hybridized carbons (Fsp3) is 0.250. The van der Waals surface area contributed by atoms with E-state index >= 15 is 0 Å². The van der Waals surface area contributed by atoms with E-state index in [0.717, 1.165) is 12.2 Å². The van der Waals surface area contributed by atoms with Crippen LogP contribution in [0.4, 0.5) is 5.82 Å². The van der Waals surface area contributed by atoms with Crippen molar-refractivity contribution >= 4 is 5.82 Å². The van der Waals surface area contributed by atoms with Crippen LogP contribution in [0.25, 0.3) is 0 Å². The lowest BCUT2D eigenvalue weighted by Crippen LogP contribution is -1.82. The van der Waals surface area contributed by atoms with E-state index in [2.05, 4.69) is 29.4 Å². The van der Waals surface area contributed by atoms with Gasteiger partial charge in [-0.25, -0.2) is 0 Å². The summed E-state index contributed by atoms with van der Waals surface area (Å²) < 4.78 is 5.16. The number of rotatable bonds is 2. The maximum absolute atomic E-state index is 5.52. The topological polar surface area (TPSA) is 52.0 Å². The zero-order valence-electron chi connectivity index (χ0n) is 8.26. The quantitative estimate of drug-likeness (QED) is 0.810. The van der Waals surface area contributed by atoms with Gasteiger partial charge in [0.05, 0.1) is 0 Å². The molecule has 1 aliphatic carbocycles. The predicted octanol–water partition coefficient (Wildman–Crippen LogP) is 2.53. The minimum Gasteiger partial charge on any atom is -0.381 e. The van der Waals surface area contributed by atoms with Gasteiger partial charge < -0.3 is 10.3 Å². The van der Waals surface area contributed by atoms with Crippen LogP contribution in [-0.2, 0) is 0 Å². The average molecular weight is 200 g/mol. The Balaban J connectivity index is 1.80. The number of hydrogen-bond acceptors (Lipinski definition) is 3. The Morgan fingerprint density at radius 1 is 1.20 bits per heavy atom. The van der Waals surface area contributed by atoms with Crippen LogP contribution < -0.4 is 5.73 Å². The van der Waals surface area contributed by atoms with E-state index in [0.29, 0.717) is 17.7 Å². The third kappa shape index (κ3) is 1.50. The fourth-order valence-electron chi connectivity index (χ4n) is 2.06. The molecule has 0 aliphatic heterocycles. The van der Waals surface area contributed by atoms with Crippen LogP contribution in [-0.4, -0.2) is 5.16 Å². The van der Waals surface area contributed by atoms with Crippen molar-refractivity contribution in [1.82, 2.24) is 5.16 Å². The molecule has 0 bridgehead atoms. The Bertz CT molecular complexity index is 463. The minimum absolute atomic E-state index is 0.470. The summed E-state index contributed by atoms with van der Waals surface area (Å²) in [4.78, 5) is 0. The van der Waals surface area contributed by atoms with Crippen LogP contribution in [0.1, 0.15) is 29.6 Å². The van der Waals surface area contributed by atoms with Crippen molar-refractivity contribution in [2.75, 3.05) is 5.73 Å². The molecule has 0 saturated heterocycles. The summed E-state index contributed by atoms with van der Waals surface area (Å²) in [5.74, 6) is 2.45. The molecule has 1 saturated carbocycles. The van der Waals surface area contributed by atoms with Crippen LogP contribution >= 0.6 is 0 Å². The minimum atomic E-state index is 0.470. The maximum Gasteiger partial charge on any atom is 0.167 e. The van der Waals surface area contributed by atoms with Gasteiger partial charge in [0.2, 0.25) is 0 Å². The first-order chi connectivity index (χ1) is 7.34. The van der Waals surface area contributed by atoms with Crippen LogP contribution in [0.3, 0.4) is 0 Å². The number of anilines is 1. The lowest BCUT2D eigenvalue weighted by molar-refractivity contribution is 0.385. The standard InChI is InChI=1S/C12H12N2O/c13-12-7-11(15-14-12)10-6-9(10)8-4-2-1-3-5-8/h1-5,7,9-10H,6H2,(H2,13,14). The lowest BCUT2D eigenvalue weighted by atomic mass is 10.1. The van der Waals surface area contributed by atoms with Gasteiger partial charge in [0.15, 0.2) is 5.82 Å². The Hall–Kier alpha value is -1.77. The first kappa shape index (κ1) is 8.53. The molecule has 15 heavy (non-hydrogen) atoms. The summed E-state index contributed by atoms with van der Waals surface area (Å²) in [5.41, 5.74) is 6.90. The third-order valence-electron chi connectivity index (χ3n) is 2.93. The molecule has 1 aromatic heterocycles. The molecule has 76 valence electrons. The molecule has 0 amide bonds. The van der Waals surface area contributed by atoms with Crippen molar-refractivity contribution < 1.29 is 4.52 Å². The van der Waals surface area contributed by atoms with Gasteiger partial charge >= 0.3 is 0 Å². The second-order valence-electron chi connectivity index (χ2n) is 4.01. The molecule has 1 aromatic carbocycles. The van der Waals surface area contributed by atoms with Crippen molar-refractivity contribution in [1.29, 1.82) is 0 Å². The zero-order valence-corrected chi connectivity index (χ0v) is 8.26. The number of nitrogen functional groups attached to an aromatic ring is 1. The maximum atomic E-state index is 5.52. The summed E-state index contributed by atoms with van der Waals surface area (Å²) in [7, 11) is 0. The molecule has 2 atom stereocenters. The van der Waals surface area contributed by atoms with Gasteiger partial charge in [-0.15, -0.1) is 0 Å². The summed E-state index contributed by atoms with van der Waals surface area (Å²) >= 11 is 0. The number of hydrogen-bond donors (Lipinski definition) is 1. The van der Waals surface area contributed by atoms with Crippen molar-refractivity contribution in [2.45, 2.75) is 18.3 Å². The van der Waals surface area contributed by atoms with Crippen LogP contribution in [0, 0.1) is 0 Å². The summed E-state index contributed by atoms with van der Waals surface area (Å²) in [6, 6.07) is 12.3. The number of nitrogens with two attached hydrogens (primary N) is 1. The van der Waals surface area contributed by atoms with E-state index in [1.54, 1.807) is 0 Å². The van der Waals surface area contributed by atoms with Crippen molar-refractivity contribution in [2.24, 2.45) is 0 Å². The van der Waals surface area contributed by atoms with Crippen molar-refractivity contribution in [3.63, 3.8) is 0 Å². The molecule has 0 radical (unpaired) electrons. The van der Waals surface area contributed by atoms with Gasteiger partial charge in [-0.1, -0.05) is 35.5 Å². The van der Waals surface area contributed by atoms with Crippen LogP contribution in [0.2, 0.25) is 0 Å². The molecule has 0 spiro atoms. The molecule has 3 heteroatoms. The largest absolute Gasteiger partial charge is 0.381 e. The molecular formula is C12H12N2O. The van der Waals surface area contributed by atoms with Crippen molar-refractivity contribution in [3.05, 3.63) is 47.7 Å². The summed E-state index contributed by atoms with van der Waals surface area (Å²) in [5, 5.41) is 3.71. The Kier molecular flexibility index (Phi) is 1.78. The second-order valence-corrected chi connectivity index (χ2v) is 4.01. The Morgan fingerprint density at radius 3 is 2.67 bits per heavy atom. The molecule has 2 N–H and O–H groups in total. The van der Waals surface area contributed by atoms with Crippen molar-refractivity contribution in [3.8, 4) is 0 Å². The molecule has 1 heterocycles.